The van der Waals surface area contributed by atoms with Gasteiger partial charge in [-0.15, -0.1) is 0 Å². The fourth-order valence-corrected chi connectivity index (χ4v) is 1.18. The minimum absolute atomic E-state index is 0.888. The third kappa shape index (κ3) is 1.33. The summed E-state index contributed by atoms with van der Waals surface area (Å²) in [6, 6.07) is 3.86. The van der Waals surface area contributed by atoms with Crippen LogP contribution in [0.15, 0.2) is 30.6 Å². The van der Waals surface area contributed by atoms with E-state index in [-0.39, 0.29) is 0 Å². The first-order valence-corrected chi connectivity index (χ1v) is 4.25. The normalized spacial score (nSPS) is 12.3. The standard InChI is InChI=1S/C10H11N3/c1-3-8(2)9-5-7-13-10(12-9)4-6-11-13/h3-7H,1-2H3/b8-3+. The van der Waals surface area contributed by atoms with Crippen LogP contribution in [0.25, 0.3) is 11.2 Å². The van der Waals surface area contributed by atoms with Gasteiger partial charge < -0.3 is 0 Å². The van der Waals surface area contributed by atoms with Crippen LogP contribution in [0.3, 0.4) is 0 Å². The second-order valence-corrected chi connectivity index (χ2v) is 2.92. The molecule has 0 saturated carbocycles. The van der Waals surface area contributed by atoms with Crippen LogP contribution < -0.4 is 0 Å². The zero-order valence-corrected chi connectivity index (χ0v) is 7.73. The molecule has 3 nitrogen and oxygen atoms in total. The highest BCUT2D eigenvalue weighted by Gasteiger charge is 1.98. The average molecular weight is 173 g/mol. The van der Waals surface area contributed by atoms with Crippen molar-refractivity contribution in [3.8, 4) is 0 Å². The van der Waals surface area contributed by atoms with E-state index in [1.165, 1.54) is 5.57 Å². The van der Waals surface area contributed by atoms with Crippen molar-refractivity contribution in [2.24, 2.45) is 0 Å². The molecule has 2 heterocycles. The Balaban J connectivity index is 2.60. The van der Waals surface area contributed by atoms with E-state index in [0.717, 1.165) is 11.3 Å². The van der Waals surface area contributed by atoms with Crippen molar-refractivity contribution in [3.63, 3.8) is 0 Å². The Hall–Kier alpha value is -1.64. The molecule has 0 radical (unpaired) electrons. The van der Waals surface area contributed by atoms with Gasteiger partial charge in [-0.25, -0.2) is 9.50 Å². The first kappa shape index (κ1) is 7.98. The number of rotatable bonds is 1. The minimum atomic E-state index is 0.888. The molecule has 2 aromatic heterocycles. The number of hydrogen-bond acceptors (Lipinski definition) is 2. The molecule has 0 spiro atoms. The Morgan fingerprint density at radius 1 is 1.46 bits per heavy atom. The van der Waals surface area contributed by atoms with E-state index in [1.807, 2.05) is 25.3 Å². The van der Waals surface area contributed by atoms with E-state index in [4.69, 9.17) is 0 Å². The Morgan fingerprint density at radius 2 is 2.31 bits per heavy atom. The number of allylic oxidation sites excluding steroid dienone is 2. The summed E-state index contributed by atoms with van der Waals surface area (Å²) in [7, 11) is 0. The van der Waals surface area contributed by atoms with Gasteiger partial charge in [0.2, 0.25) is 0 Å². The fourth-order valence-electron chi connectivity index (χ4n) is 1.18. The van der Waals surface area contributed by atoms with Gasteiger partial charge in [-0.05, 0) is 25.5 Å². The second-order valence-electron chi connectivity index (χ2n) is 2.92. The molecule has 66 valence electrons. The van der Waals surface area contributed by atoms with Crippen molar-refractivity contribution in [3.05, 3.63) is 36.3 Å². The Labute approximate surface area is 76.7 Å². The summed E-state index contributed by atoms with van der Waals surface area (Å²) < 4.78 is 1.76. The predicted molar refractivity (Wildman–Crippen MR) is 52.3 cm³/mol. The zero-order chi connectivity index (χ0) is 9.26. The molecule has 0 aliphatic heterocycles. The first-order valence-electron chi connectivity index (χ1n) is 4.25. The SMILES string of the molecule is C/C=C(\C)c1ccn2nccc2n1. The van der Waals surface area contributed by atoms with Crippen LogP contribution in [0.4, 0.5) is 0 Å². The van der Waals surface area contributed by atoms with Crippen molar-refractivity contribution < 1.29 is 0 Å². The van der Waals surface area contributed by atoms with Crippen molar-refractivity contribution in [2.45, 2.75) is 13.8 Å². The van der Waals surface area contributed by atoms with Crippen molar-refractivity contribution in [2.75, 3.05) is 0 Å². The van der Waals surface area contributed by atoms with E-state index in [2.05, 4.69) is 23.1 Å². The monoisotopic (exact) mass is 173 g/mol. The van der Waals surface area contributed by atoms with Crippen molar-refractivity contribution >= 4 is 11.2 Å². The molecule has 0 saturated heterocycles. The van der Waals surface area contributed by atoms with Gasteiger partial charge in [0.05, 0.1) is 11.9 Å². The molecule has 2 aromatic rings. The van der Waals surface area contributed by atoms with Gasteiger partial charge in [-0.1, -0.05) is 6.08 Å². The van der Waals surface area contributed by atoms with Gasteiger partial charge >= 0.3 is 0 Å². The third-order valence-corrected chi connectivity index (χ3v) is 2.10. The van der Waals surface area contributed by atoms with Crippen molar-refractivity contribution in [1.29, 1.82) is 0 Å². The fraction of sp³-hybridized carbons (Fsp3) is 0.200. The summed E-state index contributed by atoms with van der Waals surface area (Å²) in [5, 5.41) is 4.08. The largest absolute Gasteiger partial charge is 0.229 e. The summed E-state index contributed by atoms with van der Waals surface area (Å²) >= 11 is 0. The summed E-state index contributed by atoms with van der Waals surface area (Å²) in [6.07, 6.45) is 5.72. The topological polar surface area (TPSA) is 30.2 Å². The lowest BCUT2D eigenvalue weighted by Crippen LogP contribution is -1.92. The molecule has 0 atom stereocenters. The average Bonchev–Trinajstić information content (AvgIpc) is 2.63. The quantitative estimate of drug-likeness (QED) is 0.661. The second kappa shape index (κ2) is 3.01. The molecule has 0 aliphatic rings. The molecule has 0 fully saturated rings. The summed E-state index contributed by atoms with van der Waals surface area (Å²) in [6.45, 7) is 4.06. The number of nitrogens with zero attached hydrogens (tertiary/aromatic N) is 3. The van der Waals surface area contributed by atoms with Crippen LogP contribution in [0.1, 0.15) is 19.5 Å². The molecule has 0 bridgehead atoms. The van der Waals surface area contributed by atoms with E-state index < -0.39 is 0 Å². The van der Waals surface area contributed by atoms with Crippen LogP contribution in [0.2, 0.25) is 0 Å². The van der Waals surface area contributed by atoms with E-state index >= 15 is 0 Å². The van der Waals surface area contributed by atoms with Crippen LogP contribution >= 0.6 is 0 Å². The van der Waals surface area contributed by atoms with E-state index in [9.17, 15) is 0 Å². The molecule has 0 N–H and O–H groups in total. The maximum atomic E-state index is 4.44. The highest BCUT2D eigenvalue weighted by atomic mass is 15.2. The highest BCUT2D eigenvalue weighted by molar-refractivity contribution is 5.61. The lowest BCUT2D eigenvalue weighted by atomic mass is 10.2. The number of hydrogen-bond donors (Lipinski definition) is 0. The predicted octanol–water partition coefficient (Wildman–Crippen LogP) is 2.15. The molecule has 0 aromatic carbocycles. The van der Waals surface area contributed by atoms with E-state index in [0.29, 0.717) is 0 Å². The van der Waals surface area contributed by atoms with Crippen LogP contribution in [0.5, 0.6) is 0 Å². The van der Waals surface area contributed by atoms with E-state index in [1.54, 1.807) is 10.7 Å². The summed E-state index contributed by atoms with van der Waals surface area (Å²) in [5.41, 5.74) is 3.08. The van der Waals surface area contributed by atoms with Gasteiger partial charge in [0.1, 0.15) is 0 Å². The van der Waals surface area contributed by atoms with Crippen LogP contribution in [-0.2, 0) is 0 Å². The van der Waals surface area contributed by atoms with Crippen LogP contribution in [0, 0.1) is 0 Å². The van der Waals surface area contributed by atoms with Crippen molar-refractivity contribution in [1.82, 2.24) is 14.6 Å². The molecule has 0 unspecified atom stereocenters. The maximum Gasteiger partial charge on any atom is 0.155 e. The molecule has 3 heteroatoms. The minimum Gasteiger partial charge on any atom is -0.229 e. The Bertz CT molecular complexity index is 454. The smallest absolute Gasteiger partial charge is 0.155 e. The molecular formula is C10H11N3. The number of fused-ring (bicyclic) bond motifs is 1. The zero-order valence-electron chi connectivity index (χ0n) is 7.73. The van der Waals surface area contributed by atoms with Crippen LogP contribution in [-0.4, -0.2) is 14.6 Å². The molecule has 2 rings (SSSR count). The Morgan fingerprint density at radius 3 is 3.08 bits per heavy atom. The molecule has 0 amide bonds. The lowest BCUT2D eigenvalue weighted by Gasteiger charge is -1.99. The number of aromatic nitrogens is 3. The maximum absolute atomic E-state index is 4.44. The third-order valence-electron chi connectivity index (χ3n) is 2.10. The molecule has 0 aliphatic carbocycles. The summed E-state index contributed by atoms with van der Waals surface area (Å²) in [4.78, 5) is 4.44. The Kier molecular flexibility index (Phi) is 1.85. The van der Waals surface area contributed by atoms with Gasteiger partial charge in [-0.2, -0.15) is 5.10 Å². The van der Waals surface area contributed by atoms with Gasteiger partial charge in [0.25, 0.3) is 0 Å². The van der Waals surface area contributed by atoms with Gasteiger partial charge in [-0.3, -0.25) is 0 Å². The molecular weight excluding hydrogens is 162 g/mol. The summed E-state index contributed by atoms with van der Waals surface area (Å²) in [5.74, 6) is 0. The van der Waals surface area contributed by atoms with Gasteiger partial charge in [0, 0.05) is 12.3 Å². The lowest BCUT2D eigenvalue weighted by molar-refractivity contribution is 0.935. The first-order chi connectivity index (χ1) is 6.31. The van der Waals surface area contributed by atoms with Gasteiger partial charge in [0.15, 0.2) is 5.65 Å². The molecule has 13 heavy (non-hydrogen) atoms. The highest BCUT2D eigenvalue weighted by Crippen LogP contribution is 2.10.